The molecule has 0 amide bonds. The first-order valence-corrected chi connectivity index (χ1v) is 7.72. The van der Waals surface area contributed by atoms with Gasteiger partial charge in [-0.3, -0.25) is 9.67 Å². The molecule has 0 fully saturated rings. The van der Waals surface area contributed by atoms with Gasteiger partial charge in [0.05, 0.1) is 28.1 Å². The lowest BCUT2D eigenvalue weighted by Crippen LogP contribution is -2.21. The van der Waals surface area contributed by atoms with Crippen LogP contribution >= 0.6 is 27.5 Å². The molecule has 4 nitrogen and oxygen atoms in total. The van der Waals surface area contributed by atoms with Gasteiger partial charge in [0, 0.05) is 24.1 Å². The predicted molar refractivity (Wildman–Crippen MR) is 85.0 cm³/mol. The zero-order valence-electron chi connectivity index (χ0n) is 11.8. The Bertz CT molecular complexity index is 580. The van der Waals surface area contributed by atoms with Gasteiger partial charge in [-0.15, -0.1) is 0 Å². The van der Waals surface area contributed by atoms with Crippen molar-refractivity contribution >= 4 is 27.5 Å². The number of rotatable bonds is 5. The van der Waals surface area contributed by atoms with Crippen molar-refractivity contribution < 1.29 is 0 Å². The quantitative estimate of drug-likeness (QED) is 0.893. The zero-order valence-corrected chi connectivity index (χ0v) is 14.2. The molecule has 2 rings (SSSR count). The smallest absolute Gasteiger partial charge is 0.0850 e. The number of aryl methyl sites for hydroxylation is 2. The van der Waals surface area contributed by atoms with Gasteiger partial charge < -0.3 is 5.32 Å². The van der Waals surface area contributed by atoms with Gasteiger partial charge in [0.2, 0.25) is 0 Å². The summed E-state index contributed by atoms with van der Waals surface area (Å²) in [5, 5.41) is 8.51. The van der Waals surface area contributed by atoms with Crippen molar-refractivity contribution in [2.75, 3.05) is 7.05 Å². The van der Waals surface area contributed by atoms with Crippen LogP contribution < -0.4 is 5.32 Å². The SMILES string of the molecule is CCc1nn(C)c(CC(NC)c2ccc(Br)cn2)c1Cl. The van der Waals surface area contributed by atoms with Crippen LogP contribution in [0.5, 0.6) is 0 Å². The molecule has 0 saturated heterocycles. The Morgan fingerprint density at radius 3 is 2.70 bits per heavy atom. The first-order chi connectivity index (χ1) is 9.56. The van der Waals surface area contributed by atoms with Gasteiger partial charge in [-0.1, -0.05) is 18.5 Å². The monoisotopic (exact) mass is 356 g/mol. The molecule has 20 heavy (non-hydrogen) atoms. The summed E-state index contributed by atoms with van der Waals surface area (Å²) in [7, 11) is 3.86. The van der Waals surface area contributed by atoms with E-state index in [1.807, 2.05) is 37.1 Å². The van der Waals surface area contributed by atoms with Crippen molar-refractivity contribution in [3.05, 3.63) is 44.9 Å². The number of hydrogen-bond acceptors (Lipinski definition) is 3. The van der Waals surface area contributed by atoms with Crippen molar-refractivity contribution in [2.24, 2.45) is 7.05 Å². The van der Waals surface area contributed by atoms with Crippen LogP contribution in [0.4, 0.5) is 0 Å². The molecule has 2 heterocycles. The Labute approximate surface area is 132 Å². The summed E-state index contributed by atoms with van der Waals surface area (Å²) in [6, 6.07) is 4.12. The Morgan fingerprint density at radius 2 is 2.20 bits per heavy atom. The highest BCUT2D eigenvalue weighted by atomic mass is 79.9. The van der Waals surface area contributed by atoms with Crippen LogP contribution in [0.2, 0.25) is 5.02 Å². The van der Waals surface area contributed by atoms with Gasteiger partial charge in [-0.05, 0) is 41.5 Å². The lowest BCUT2D eigenvalue weighted by Gasteiger charge is -2.16. The average molecular weight is 358 g/mol. The highest BCUT2D eigenvalue weighted by Gasteiger charge is 2.19. The summed E-state index contributed by atoms with van der Waals surface area (Å²) in [6.45, 7) is 2.06. The Balaban J connectivity index is 2.26. The minimum atomic E-state index is 0.112. The minimum Gasteiger partial charge on any atom is -0.311 e. The second-order valence-corrected chi connectivity index (χ2v) is 5.92. The first-order valence-electron chi connectivity index (χ1n) is 6.55. The molecule has 0 spiro atoms. The minimum absolute atomic E-state index is 0.112. The number of pyridine rings is 1. The Kier molecular flexibility index (Phi) is 5.18. The summed E-state index contributed by atoms with van der Waals surface area (Å²) < 4.78 is 2.84. The molecule has 0 aromatic carbocycles. The number of hydrogen-bond donors (Lipinski definition) is 1. The molecule has 0 aliphatic rings. The highest BCUT2D eigenvalue weighted by molar-refractivity contribution is 9.10. The van der Waals surface area contributed by atoms with E-state index in [0.29, 0.717) is 0 Å². The van der Waals surface area contributed by atoms with E-state index in [9.17, 15) is 0 Å². The zero-order chi connectivity index (χ0) is 14.7. The van der Waals surface area contributed by atoms with Crippen LogP contribution in [0, 0.1) is 0 Å². The maximum Gasteiger partial charge on any atom is 0.0850 e. The maximum atomic E-state index is 6.40. The lowest BCUT2D eigenvalue weighted by atomic mass is 10.1. The molecule has 0 aliphatic carbocycles. The van der Waals surface area contributed by atoms with Gasteiger partial charge in [0.15, 0.2) is 0 Å². The van der Waals surface area contributed by atoms with Crippen molar-refractivity contribution in [3.8, 4) is 0 Å². The number of likely N-dealkylation sites (N-methyl/N-ethyl adjacent to an activating group) is 1. The number of aromatic nitrogens is 3. The number of nitrogens with zero attached hydrogens (tertiary/aromatic N) is 3. The van der Waals surface area contributed by atoms with E-state index < -0.39 is 0 Å². The molecule has 2 aromatic heterocycles. The van der Waals surface area contributed by atoms with Crippen LogP contribution in [0.25, 0.3) is 0 Å². The van der Waals surface area contributed by atoms with E-state index >= 15 is 0 Å². The van der Waals surface area contributed by atoms with E-state index in [-0.39, 0.29) is 6.04 Å². The molecular formula is C14H18BrClN4. The lowest BCUT2D eigenvalue weighted by molar-refractivity contribution is 0.548. The molecule has 0 bridgehead atoms. The van der Waals surface area contributed by atoms with Crippen LogP contribution in [0.15, 0.2) is 22.8 Å². The summed E-state index contributed by atoms with van der Waals surface area (Å²) in [4.78, 5) is 4.45. The Hall–Kier alpha value is -0.910. The van der Waals surface area contributed by atoms with Crippen molar-refractivity contribution in [1.29, 1.82) is 0 Å². The third-order valence-electron chi connectivity index (χ3n) is 3.36. The molecule has 6 heteroatoms. The van der Waals surface area contributed by atoms with Crippen molar-refractivity contribution in [3.63, 3.8) is 0 Å². The fourth-order valence-corrected chi connectivity index (χ4v) is 2.79. The van der Waals surface area contributed by atoms with E-state index in [4.69, 9.17) is 11.6 Å². The van der Waals surface area contributed by atoms with Crippen LogP contribution in [-0.4, -0.2) is 21.8 Å². The number of halogens is 2. The van der Waals surface area contributed by atoms with Crippen molar-refractivity contribution in [1.82, 2.24) is 20.1 Å². The normalized spacial score (nSPS) is 12.7. The molecule has 0 radical (unpaired) electrons. The molecule has 108 valence electrons. The summed E-state index contributed by atoms with van der Waals surface area (Å²) in [5.74, 6) is 0. The van der Waals surface area contributed by atoms with E-state index in [1.165, 1.54) is 0 Å². The van der Waals surface area contributed by atoms with Gasteiger partial charge in [-0.2, -0.15) is 5.10 Å². The third-order valence-corrected chi connectivity index (χ3v) is 4.26. The van der Waals surface area contributed by atoms with Gasteiger partial charge >= 0.3 is 0 Å². The van der Waals surface area contributed by atoms with Gasteiger partial charge in [-0.25, -0.2) is 0 Å². The van der Waals surface area contributed by atoms with Gasteiger partial charge in [0.1, 0.15) is 0 Å². The predicted octanol–water partition coefficient (Wildman–Crippen LogP) is 3.30. The van der Waals surface area contributed by atoms with E-state index in [1.54, 1.807) is 0 Å². The fraction of sp³-hybridized carbons (Fsp3) is 0.429. The summed E-state index contributed by atoms with van der Waals surface area (Å²) in [5.41, 5.74) is 2.97. The van der Waals surface area contributed by atoms with Gasteiger partial charge in [0.25, 0.3) is 0 Å². The fourth-order valence-electron chi connectivity index (χ4n) is 2.18. The average Bonchev–Trinajstić information content (AvgIpc) is 2.72. The molecule has 0 aliphatic heterocycles. The molecule has 1 unspecified atom stereocenters. The topological polar surface area (TPSA) is 42.7 Å². The molecule has 0 saturated carbocycles. The van der Waals surface area contributed by atoms with Crippen LogP contribution in [-0.2, 0) is 19.9 Å². The molecular weight excluding hydrogens is 340 g/mol. The second-order valence-electron chi connectivity index (χ2n) is 4.63. The first kappa shape index (κ1) is 15.5. The molecule has 1 N–H and O–H groups in total. The van der Waals surface area contributed by atoms with E-state index in [2.05, 4.69) is 38.3 Å². The Morgan fingerprint density at radius 1 is 1.45 bits per heavy atom. The third kappa shape index (κ3) is 3.22. The van der Waals surface area contributed by atoms with Crippen molar-refractivity contribution in [2.45, 2.75) is 25.8 Å². The summed E-state index contributed by atoms with van der Waals surface area (Å²) in [6.07, 6.45) is 3.41. The molecule has 2 aromatic rings. The van der Waals surface area contributed by atoms with E-state index in [0.717, 1.165) is 39.4 Å². The molecule has 1 atom stereocenters. The number of nitrogens with one attached hydrogen (secondary N) is 1. The second kappa shape index (κ2) is 6.70. The van der Waals surface area contributed by atoms with Crippen LogP contribution in [0.1, 0.15) is 30.0 Å². The van der Waals surface area contributed by atoms with Crippen LogP contribution in [0.3, 0.4) is 0 Å². The summed E-state index contributed by atoms with van der Waals surface area (Å²) >= 11 is 9.81. The maximum absolute atomic E-state index is 6.40. The highest BCUT2D eigenvalue weighted by Crippen LogP contribution is 2.26. The standard InChI is InChI=1S/C14H18BrClN4/c1-4-10-14(16)13(20(3)19-10)7-12(17-2)11-6-5-9(15)8-18-11/h5-6,8,12,17H,4,7H2,1-3H3. The largest absolute Gasteiger partial charge is 0.311 e.